The molecular weight excluding hydrogens is 390 g/mol. The zero-order valence-corrected chi connectivity index (χ0v) is 17.8. The molecule has 0 radical (unpaired) electrons. The van der Waals surface area contributed by atoms with Gasteiger partial charge in [-0.15, -0.1) is 0 Å². The van der Waals surface area contributed by atoms with E-state index in [-0.39, 0.29) is 11.9 Å². The van der Waals surface area contributed by atoms with E-state index in [0.29, 0.717) is 5.82 Å². The lowest BCUT2D eigenvalue weighted by atomic mass is 9.77. The number of aromatic amines is 1. The van der Waals surface area contributed by atoms with Crippen LogP contribution >= 0.6 is 0 Å². The molecule has 2 fully saturated rings. The topological polar surface area (TPSA) is 84.0 Å². The van der Waals surface area contributed by atoms with Crippen LogP contribution in [0.25, 0.3) is 11.4 Å². The molecule has 1 atom stereocenters. The summed E-state index contributed by atoms with van der Waals surface area (Å²) in [4.78, 5) is 24.9. The zero-order valence-electron chi connectivity index (χ0n) is 17.8. The Morgan fingerprint density at radius 2 is 1.97 bits per heavy atom. The molecule has 1 aliphatic carbocycles. The minimum Gasteiger partial charge on any atom is -0.497 e. The number of H-pyrrole nitrogens is 1. The van der Waals surface area contributed by atoms with Crippen molar-refractivity contribution < 1.29 is 9.53 Å². The van der Waals surface area contributed by atoms with Crippen LogP contribution in [0.3, 0.4) is 0 Å². The number of hydrogen-bond acceptors (Lipinski definition) is 5. The SMILES string of the molecule is COc1ccc(C2(C(=O)N3CCC[C@@H]3c3nc(-c4cccnc4)n[nH]3)CCCC2)cc1. The number of likely N-dealkylation sites (tertiary alicyclic amines) is 1. The number of pyridine rings is 1. The second-order valence-corrected chi connectivity index (χ2v) is 8.46. The molecule has 2 aliphatic rings. The maximum atomic E-state index is 14.0. The summed E-state index contributed by atoms with van der Waals surface area (Å²) in [6.45, 7) is 0.754. The van der Waals surface area contributed by atoms with Crippen LogP contribution in [0, 0.1) is 0 Å². The Kier molecular flexibility index (Phi) is 5.18. The van der Waals surface area contributed by atoms with Gasteiger partial charge in [0.15, 0.2) is 5.82 Å². The van der Waals surface area contributed by atoms with E-state index in [1.165, 1.54) is 0 Å². The van der Waals surface area contributed by atoms with Gasteiger partial charge < -0.3 is 9.64 Å². The standard InChI is InChI=1S/C24H27N5O2/c1-31-19-10-8-18(9-11-19)24(12-2-3-13-24)23(30)29-15-5-7-20(29)22-26-21(27-28-22)17-6-4-14-25-16-17/h4,6,8-11,14,16,20H,2-3,5,7,12-13,15H2,1H3,(H,26,27,28)/t20-/m1/s1. The van der Waals surface area contributed by atoms with E-state index in [0.717, 1.165) is 67.8 Å². The van der Waals surface area contributed by atoms with Crippen LogP contribution in [0.5, 0.6) is 5.75 Å². The zero-order chi connectivity index (χ0) is 21.3. The average Bonchev–Trinajstić information content (AvgIpc) is 3.60. The molecule has 3 heterocycles. The lowest BCUT2D eigenvalue weighted by molar-refractivity contribution is -0.138. The quantitative estimate of drug-likeness (QED) is 0.677. The van der Waals surface area contributed by atoms with Crippen LogP contribution in [-0.2, 0) is 10.2 Å². The number of carbonyl (C=O) groups excluding carboxylic acids is 1. The molecule has 7 heteroatoms. The van der Waals surface area contributed by atoms with Gasteiger partial charge in [-0.2, -0.15) is 5.10 Å². The van der Waals surface area contributed by atoms with Crippen molar-refractivity contribution in [1.82, 2.24) is 25.1 Å². The molecule has 1 saturated carbocycles. The van der Waals surface area contributed by atoms with Crippen molar-refractivity contribution in [1.29, 1.82) is 0 Å². The monoisotopic (exact) mass is 417 g/mol. The highest BCUT2D eigenvalue weighted by atomic mass is 16.5. The number of rotatable bonds is 5. The van der Waals surface area contributed by atoms with Gasteiger partial charge in [-0.05, 0) is 55.5 Å². The maximum absolute atomic E-state index is 14.0. The molecule has 3 aromatic rings. The first kappa shape index (κ1) is 19.7. The van der Waals surface area contributed by atoms with E-state index in [9.17, 15) is 4.79 Å². The Morgan fingerprint density at radius 3 is 2.68 bits per heavy atom. The molecule has 0 unspecified atom stereocenters. The Bertz CT molecular complexity index is 1040. The lowest BCUT2D eigenvalue weighted by Crippen LogP contribution is -2.45. The van der Waals surface area contributed by atoms with Gasteiger partial charge in [0.05, 0.1) is 18.6 Å². The van der Waals surface area contributed by atoms with E-state index >= 15 is 0 Å². The number of hydrogen-bond donors (Lipinski definition) is 1. The Morgan fingerprint density at radius 1 is 1.16 bits per heavy atom. The highest BCUT2D eigenvalue weighted by Gasteiger charge is 2.48. The molecule has 1 aliphatic heterocycles. The highest BCUT2D eigenvalue weighted by molar-refractivity contribution is 5.89. The normalized spacial score (nSPS) is 20.2. The van der Waals surface area contributed by atoms with Crippen LogP contribution in [0.2, 0.25) is 0 Å². The Balaban J connectivity index is 1.44. The van der Waals surface area contributed by atoms with E-state index in [2.05, 4.69) is 27.3 Å². The number of benzene rings is 1. The van der Waals surface area contributed by atoms with Gasteiger partial charge in [-0.3, -0.25) is 14.9 Å². The Labute approximate surface area is 181 Å². The molecule has 7 nitrogen and oxygen atoms in total. The van der Waals surface area contributed by atoms with Crippen LogP contribution in [0.4, 0.5) is 0 Å². The van der Waals surface area contributed by atoms with Crippen LogP contribution in [0.1, 0.15) is 56.0 Å². The van der Waals surface area contributed by atoms with E-state index in [1.54, 1.807) is 19.5 Å². The lowest BCUT2D eigenvalue weighted by Gasteiger charge is -2.35. The molecule has 31 heavy (non-hydrogen) atoms. The molecule has 2 aromatic heterocycles. The van der Waals surface area contributed by atoms with Crippen molar-refractivity contribution in [2.45, 2.75) is 50.0 Å². The van der Waals surface area contributed by atoms with Crippen molar-refractivity contribution >= 4 is 5.91 Å². The molecule has 1 saturated heterocycles. The van der Waals surface area contributed by atoms with Crippen LogP contribution < -0.4 is 4.74 Å². The molecular formula is C24H27N5O2. The van der Waals surface area contributed by atoms with Gasteiger partial charge in [0, 0.05) is 24.5 Å². The Hall–Kier alpha value is -3.22. The number of aromatic nitrogens is 4. The predicted octanol–water partition coefficient (Wildman–Crippen LogP) is 4.05. The molecule has 1 aromatic carbocycles. The summed E-state index contributed by atoms with van der Waals surface area (Å²) in [7, 11) is 1.66. The molecule has 0 spiro atoms. The number of nitrogens with zero attached hydrogens (tertiary/aromatic N) is 4. The minimum absolute atomic E-state index is 0.0684. The number of methoxy groups -OCH3 is 1. The largest absolute Gasteiger partial charge is 0.497 e. The van der Waals surface area contributed by atoms with Gasteiger partial charge in [0.1, 0.15) is 11.6 Å². The average molecular weight is 418 g/mol. The first-order valence-electron chi connectivity index (χ1n) is 11.0. The number of amides is 1. The van der Waals surface area contributed by atoms with Gasteiger partial charge in [-0.25, -0.2) is 4.98 Å². The molecule has 1 amide bonds. The van der Waals surface area contributed by atoms with Gasteiger partial charge >= 0.3 is 0 Å². The minimum atomic E-state index is -0.457. The van der Waals surface area contributed by atoms with Crippen molar-refractivity contribution in [2.75, 3.05) is 13.7 Å². The van der Waals surface area contributed by atoms with Crippen molar-refractivity contribution in [3.63, 3.8) is 0 Å². The first-order chi connectivity index (χ1) is 15.2. The first-order valence-corrected chi connectivity index (χ1v) is 11.0. The molecule has 5 rings (SSSR count). The predicted molar refractivity (Wildman–Crippen MR) is 116 cm³/mol. The highest BCUT2D eigenvalue weighted by Crippen LogP contribution is 2.45. The van der Waals surface area contributed by atoms with Gasteiger partial charge in [0.2, 0.25) is 5.91 Å². The summed E-state index contributed by atoms with van der Waals surface area (Å²) in [5, 5.41) is 7.48. The molecule has 0 bridgehead atoms. The van der Waals surface area contributed by atoms with Gasteiger partial charge in [-0.1, -0.05) is 25.0 Å². The number of ether oxygens (including phenoxy) is 1. The van der Waals surface area contributed by atoms with Crippen LogP contribution in [0.15, 0.2) is 48.8 Å². The van der Waals surface area contributed by atoms with E-state index < -0.39 is 5.41 Å². The molecule has 1 N–H and O–H groups in total. The van der Waals surface area contributed by atoms with Crippen molar-refractivity contribution in [3.8, 4) is 17.1 Å². The maximum Gasteiger partial charge on any atom is 0.233 e. The summed E-state index contributed by atoms with van der Waals surface area (Å²) in [5.41, 5.74) is 1.50. The second-order valence-electron chi connectivity index (χ2n) is 8.46. The van der Waals surface area contributed by atoms with Gasteiger partial charge in [0.25, 0.3) is 0 Å². The molecule has 160 valence electrons. The third-order valence-electron chi connectivity index (χ3n) is 6.76. The summed E-state index contributed by atoms with van der Waals surface area (Å²) in [6, 6.07) is 11.8. The fourth-order valence-corrected chi connectivity index (χ4v) is 5.13. The summed E-state index contributed by atoms with van der Waals surface area (Å²) in [5.74, 6) is 2.41. The summed E-state index contributed by atoms with van der Waals surface area (Å²) in [6.07, 6.45) is 9.27. The summed E-state index contributed by atoms with van der Waals surface area (Å²) >= 11 is 0. The fourth-order valence-electron chi connectivity index (χ4n) is 5.13. The number of nitrogens with one attached hydrogen (secondary N) is 1. The third-order valence-corrected chi connectivity index (χ3v) is 6.76. The van der Waals surface area contributed by atoms with Crippen molar-refractivity contribution in [3.05, 3.63) is 60.2 Å². The van der Waals surface area contributed by atoms with Crippen LogP contribution in [-0.4, -0.2) is 44.6 Å². The smallest absolute Gasteiger partial charge is 0.233 e. The van der Waals surface area contributed by atoms with Crippen molar-refractivity contribution in [2.24, 2.45) is 0 Å². The second kappa shape index (κ2) is 8.13. The van der Waals surface area contributed by atoms with E-state index in [4.69, 9.17) is 9.72 Å². The fraction of sp³-hybridized carbons (Fsp3) is 0.417. The number of carbonyl (C=O) groups is 1. The third kappa shape index (κ3) is 3.48. The van der Waals surface area contributed by atoms with E-state index in [1.807, 2.05) is 29.2 Å². The summed E-state index contributed by atoms with van der Waals surface area (Å²) < 4.78 is 5.32.